The minimum atomic E-state index is 0.00832. The topological polar surface area (TPSA) is 102 Å². The predicted molar refractivity (Wildman–Crippen MR) is 99.9 cm³/mol. The average Bonchev–Trinajstić information content (AvgIpc) is 3.10. The number of rotatable bonds is 3. The van der Waals surface area contributed by atoms with E-state index in [1.54, 1.807) is 6.20 Å². The van der Waals surface area contributed by atoms with Crippen molar-refractivity contribution in [3.63, 3.8) is 0 Å². The highest BCUT2D eigenvalue weighted by molar-refractivity contribution is 5.87. The summed E-state index contributed by atoms with van der Waals surface area (Å²) in [6.45, 7) is 3.82. The molecule has 0 spiro atoms. The number of nitrogens with one attached hydrogen (secondary N) is 1. The van der Waals surface area contributed by atoms with E-state index in [-0.39, 0.29) is 11.9 Å². The number of nitriles is 1. The van der Waals surface area contributed by atoms with Crippen LogP contribution in [0.4, 0.5) is 5.82 Å². The molecule has 1 N–H and O–H groups in total. The lowest BCUT2D eigenvalue weighted by Crippen LogP contribution is -2.54. The maximum atomic E-state index is 12.9. The second-order valence-corrected chi connectivity index (χ2v) is 6.62. The van der Waals surface area contributed by atoms with Crippen LogP contribution in [-0.4, -0.2) is 56.6 Å². The number of carbonyl (C=O) groups is 1. The van der Waals surface area contributed by atoms with Crippen molar-refractivity contribution < 1.29 is 4.79 Å². The second kappa shape index (κ2) is 7.03. The van der Waals surface area contributed by atoms with Crippen molar-refractivity contribution in [3.8, 4) is 6.07 Å². The number of para-hydroxylation sites is 1. The first-order valence-electron chi connectivity index (χ1n) is 8.85. The molecule has 1 aliphatic rings. The molecule has 8 nitrogen and oxygen atoms in total. The summed E-state index contributed by atoms with van der Waals surface area (Å²) >= 11 is 0. The number of H-pyrrole nitrogens is 1. The number of hydrogen-bond donors (Lipinski definition) is 1. The van der Waals surface area contributed by atoms with Gasteiger partial charge in [-0.05, 0) is 13.0 Å². The quantitative estimate of drug-likeness (QED) is 0.759. The molecule has 1 saturated heterocycles. The number of fused-ring (bicyclic) bond motifs is 1. The summed E-state index contributed by atoms with van der Waals surface area (Å²) < 4.78 is 0. The van der Waals surface area contributed by atoms with Crippen molar-refractivity contribution in [1.82, 2.24) is 25.1 Å². The van der Waals surface area contributed by atoms with Crippen LogP contribution in [0.2, 0.25) is 0 Å². The van der Waals surface area contributed by atoms with Crippen LogP contribution in [0.1, 0.15) is 18.3 Å². The Morgan fingerprint density at radius 1 is 1.30 bits per heavy atom. The normalized spacial score (nSPS) is 17.1. The fourth-order valence-electron chi connectivity index (χ4n) is 3.56. The lowest BCUT2D eigenvalue weighted by molar-refractivity contribution is -0.132. The van der Waals surface area contributed by atoms with Crippen molar-refractivity contribution in [1.29, 1.82) is 5.26 Å². The molecule has 3 heterocycles. The maximum Gasteiger partial charge on any atom is 0.228 e. The number of nitrogens with zero attached hydrogens (tertiary/aromatic N) is 6. The average molecular weight is 361 g/mol. The number of anilines is 1. The Kier molecular flexibility index (Phi) is 4.42. The summed E-state index contributed by atoms with van der Waals surface area (Å²) in [5.74, 6) is 0.648. The van der Waals surface area contributed by atoms with Crippen LogP contribution in [0.15, 0.2) is 36.7 Å². The second-order valence-electron chi connectivity index (χ2n) is 6.62. The van der Waals surface area contributed by atoms with Crippen LogP contribution in [0.3, 0.4) is 0 Å². The molecule has 0 aliphatic carbocycles. The molecule has 0 radical (unpaired) electrons. The molecule has 0 saturated carbocycles. The minimum Gasteiger partial charge on any atom is -0.350 e. The molecule has 136 valence electrons. The van der Waals surface area contributed by atoms with Crippen LogP contribution in [-0.2, 0) is 11.2 Å². The third kappa shape index (κ3) is 3.19. The predicted octanol–water partition coefficient (Wildman–Crippen LogP) is 1.50. The number of hydrogen-bond acceptors (Lipinski definition) is 6. The molecule has 1 atom stereocenters. The van der Waals surface area contributed by atoms with Gasteiger partial charge in [0, 0.05) is 43.5 Å². The molecule has 8 heteroatoms. The van der Waals surface area contributed by atoms with Crippen LogP contribution >= 0.6 is 0 Å². The Balaban J connectivity index is 1.47. The molecule has 1 aliphatic heterocycles. The minimum absolute atomic E-state index is 0.00832. The van der Waals surface area contributed by atoms with Crippen LogP contribution < -0.4 is 4.90 Å². The largest absolute Gasteiger partial charge is 0.350 e. The summed E-state index contributed by atoms with van der Waals surface area (Å²) in [4.78, 5) is 25.1. The van der Waals surface area contributed by atoms with Gasteiger partial charge in [0.05, 0.1) is 17.6 Å². The van der Waals surface area contributed by atoms with Gasteiger partial charge in [-0.3, -0.25) is 9.89 Å². The molecular formula is C19H19N7O. The van der Waals surface area contributed by atoms with Gasteiger partial charge >= 0.3 is 0 Å². The third-order valence-corrected chi connectivity index (χ3v) is 4.90. The molecule has 1 amide bonds. The van der Waals surface area contributed by atoms with Crippen LogP contribution in [0.5, 0.6) is 0 Å². The Hall–Kier alpha value is -3.47. The Bertz CT molecular complexity index is 1020. The summed E-state index contributed by atoms with van der Waals surface area (Å²) in [6.07, 6.45) is 3.39. The molecule has 27 heavy (non-hydrogen) atoms. The van der Waals surface area contributed by atoms with Crippen LogP contribution in [0.25, 0.3) is 10.9 Å². The standard InChI is InChI=1S/C19H19N7O/c1-13-12-25(19-17(11-20)21-6-7-22-19)8-9-26(13)18(27)10-16-14-4-2-3-5-15(14)23-24-16/h2-7,13H,8-10,12H2,1H3,(H,23,24). The van der Waals surface area contributed by atoms with E-state index < -0.39 is 0 Å². The van der Waals surface area contributed by atoms with E-state index in [1.165, 1.54) is 6.20 Å². The van der Waals surface area contributed by atoms with Crippen molar-refractivity contribution in [2.24, 2.45) is 0 Å². The van der Waals surface area contributed by atoms with Gasteiger partial charge in [-0.1, -0.05) is 18.2 Å². The Morgan fingerprint density at radius 3 is 2.93 bits per heavy atom. The first kappa shape index (κ1) is 17.0. The van der Waals surface area contributed by atoms with Gasteiger partial charge in [-0.25, -0.2) is 9.97 Å². The molecule has 0 bridgehead atoms. The van der Waals surface area contributed by atoms with Gasteiger partial charge < -0.3 is 9.80 Å². The molecule has 3 aromatic rings. The Labute approximate surface area is 156 Å². The highest BCUT2D eigenvalue weighted by Crippen LogP contribution is 2.21. The van der Waals surface area contributed by atoms with Gasteiger partial charge in [0.15, 0.2) is 11.5 Å². The lowest BCUT2D eigenvalue weighted by atomic mass is 10.1. The summed E-state index contributed by atoms with van der Waals surface area (Å²) in [6, 6.07) is 9.86. The molecule has 1 fully saturated rings. The van der Waals surface area contributed by atoms with Gasteiger partial charge in [0.25, 0.3) is 0 Å². The zero-order valence-electron chi connectivity index (χ0n) is 15.0. The summed E-state index contributed by atoms with van der Waals surface area (Å²) in [5.41, 5.74) is 2.02. The van der Waals surface area contributed by atoms with Crippen molar-refractivity contribution in [2.45, 2.75) is 19.4 Å². The highest BCUT2D eigenvalue weighted by atomic mass is 16.2. The van der Waals surface area contributed by atoms with E-state index in [9.17, 15) is 10.1 Å². The number of aromatic amines is 1. The number of amides is 1. The number of piperazine rings is 1. The fourth-order valence-corrected chi connectivity index (χ4v) is 3.56. The van der Waals surface area contributed by atoms with E-state index in [2.05, 4.69) is 26.2 Å². The number of aromatic nitrogens is 4. The molecule has 2 aromatic heterocycles. The molecule has 1 aromatic carbocycles. The van der Waals surface area contributed by atoms with E-state index in [0.717, 1.165) is 16.6 Å². The number of benzene rings is 1. The van der Waals surface area contributed by atoms with E-state index in [1.807, 2.05) is 41.0 Å². The first-order valence-corrected chi connectivity index (χ1v) is 8.85. The molecular weight excluding hydrogens is 342 g/mol. The Morgan fingerprint density at radius 2 is 2.11 bits per heavy atom. The smallest absolute Gasteiger partial charge is 0.228 e. The zero-order valence-corrected chi connectivity index (χ0v) is 15.0. The monoisotopic (exact) mass is 361 g/mol. The molecule has 4 rings (SSSR count). The van der Waals surface area contributed by atoms with Crippen molar-refractivity contribution in [2.75, 3.05) is 24.5 Å². The van der Waals surface area contributed by atoms with E-state index in [0.29, 0.717) is 37.6 Å². The summed E-state index contributed by atoms with van der Waals surface area (Å²) in [7, 11) is 0. The van der Waals surface area contributed by atoms with E-state index >= 15 is 0 Å². The van der Waals surface area contributed by atoms with Gasteiger partial charge in [0.1, 0.15) is 6.07 Å². The van der Waals surface area contributed by atoms with Gasteiger partial charge in [-0.15, -0.1) is 0 Å². The van der Waals surface area contributed by atoms with Crippen molar-refractivity contribution >= 4 is 22.6 Å². The first-order chi connectivity index (χ1) is 13.2. The van der Waals surface area contributed by atoms with E-state index in [4.69, 9.17) is 0 Å². The van der Waals surface area contributed by atoms with Gasteiger partial charge in [-0.2, -0.15) is 10.4 Å². The van der Waals surface area contributed by atoms with Gasteiger partial charge in [0.2, 0.25) is 5.91 Å². The SMILES string of the molecule is CC1CN(c2nccnc2C#N)CCN1C(=O)Cc1[nH]nc2ccccc12. The zero-order chi connectivity index (χ0) is 18.8. The summed E-state index contributed by atoms with van der Waals surface area (Å²) in [5, 5.41) is 17.5. The van der Waals surface area contributed by atoms with Crippen molar-refractivity contribution in [3.05, 3.63) is 48.0 Å². The third-order valence-electron chi connectivity index (χ3n) is 4.90. The fraction of sp³-hybridized carbons (Fsp3) is 0.316. The molecule has 1 unspecified atom stereocenters. The maximum absolute atomic E-state index is 12.9. The lowest BCUT2D eigenvalue weighted by Gasteiger charge is -2.40. The number of carbonyl (C=O) groups excluding carboxylic acids is 1. The highest BCUT2D eigenvalue weighted by Gasteiger charge is 2.29. The van der Waals surface area contributed by atoms with Crippen LogP contribution in [0, 0.1) is 11.3 Å².